The summed E-state index contributed by atoms with van der Waals surface area (Å²) in [7, 11) is 1.60. The van der Waals surface area contributed by atoms with E-state index in [9.17, 15) is 4.79 Å². The van der Waals surface area contributed by atoms with Gasteiger partial charge in [-0.2, -0.15) is 0 Å². The van der Waals surface area contributed by atoms with Crippen LogP contribution in [0.5, 0.6) is 5.75 Å². The molecule has 2 N–H and O–H groups in total. The second-order valence-corrected chi connectivity index (χ2v) is 5.09. The first-order valence-electron chi connectivity index (χ1n) is 6.78. The van der Waals surface area contributed by atoms with Crippen LogP contribution in [0, 0.1) is 0 Å². The number of carbonyl (C=O) groups is 1. The first-order valence-corrected chi connectivity index (χ1v) is 6.78. The summed E-state index contributed by atoms with van der Waals surface area (Å²) in [5, 5.41) is 0. The summed E-state index contributed by atoms with van der Waals surface area (Å²) >= 11 is 0. The number of methoxy groups -OCH3 is 1. The third-order valence-corrected chi connectivity index (χ3v) is 3.14. The van der Waals surface area contributed by atoms with Crippen LogP contribution in [0.4, 0.5) is 5.69 Å². The second kappa shape index (κ2) is 6.35. The van der Waals surface area contributed by atoms with Crippen LogP contribution in [0.2, 0.25) is 0 Å². The van der Waals surface area contributed by atoms with E-state index in [4.69, 9.17) is 15.2 Å². The van der Waals surface area contributed by atoms with E-state index < -0.39 is 0 Å². The molecule has 0 atom stereocenters. The van der Waals surface area contributed by atoms with Crippen LogP contribution in [0.3, 0.4) is 0 Å². The van der Waals surface area contributed by atoms with Crippen molar-refractivity contribution in [3.8, 4) is 5.75 Å². The molecule has 0 unspecified atom stereocenters. The minimum atomic E-state index is -0.386. The quantitative estimate of drug-likeness (QED) is 0.859. The molecule has 21 heavy (non-hydrogen) atoms. The average molecular weight is 288 g/mol. The molecule has 1 aromatic carbocycles. The molecule has 0 radical (unpaired) electrons. The van der Waals surface area contributed by atoms with Crippen molar-refractivity contribution >= 4 is 11.7 Å². The number of carbonyl (C=O) groups excluding carboxylic acids is 1. The van der Waals surface area contributed by atoms with Crippen molar-refractivity contribution in [2.45, 2.75) is 26.5 Å². The van der Waals surface area contributed by atoms with E-state index in [0.717, 1.165) is 11.3 Å². The highest BCUT2D eigenvalue weighted by atomic mass is 16.5. The Morgan fingerprint density at radius 2 is 2.10 bits per heavy atom. The summed E-state index contributed by atoms with van der Waals surface area (Å²) in [6.07, 6.45) is 1.74. The van der Waals surface area contributed by atoms with Gasteiger partial charge in [0.1, 0.15) is 18.1 Å². The highest BCUT2D eigenvalue weighted by molar-refractivity contribution is 5.89. The molecule has 5 nitrogen and oxygen atoms in total. The zero-order chi connectivity index (χ0) is 15.4. The van der Waals surface area contributed by atoms with Gasteiger partial charge in [0.15, 0.2) is 0 Å². The maximum absolute atomic E-state index is 12.2. The van der Waals surface area contributed by atoms with Crippen LogP contribution in [-0.4, -0.2) is 17.6 Å². The second-order valence-electron chi connectivity index (χ2n) is 5.09. The summed E-state index contributed by atoms with van der Waals surface area (Å²) in [5.74, 6) is 0.349. The molecule has 0 aliphatic heterocycles. The van der Waals surface area contributed by atoms with E-state index in [1.54, 1.807) is 19.4 Å². The number of nitrogens with two attached hydrogens (primary N) is 1. The van der Waals surface area contributed by atoms with Gasteiger partial charge in [-0.05, 0) is 37.6 Å². The minimum Gasteiger partial charge on any atom is -0.497 e. The normalized spacial score (nSPS) is 10.7. The number of nitrogens with zero attached hydrogens (tertiary/aromatic N) is 1. The van der Waals surface area contributed by atoms with Crippen molar-refractivity contribution in [2.75, 3.05) is 12.8 Å². The summed E-state index contributed by atoms with van der Waals surface area (Å²) in [6, 6.07) is 9.19. The van der Waals surface area contributed by atoms with Crippen molar-refractivity contribution in [2.24, 2.45) is 0 Å². The van der Waals surface area contributed by atoms with E-state index in [1.807, 2.05) is 42.7 Å². The van der Waals surface area contributed by atoms with E-state index in [1.165, 1.54) is 0 Å². The summed E-state index contributed by atoms with van der Waals surface area (Å²) < 4.78 is 12.3. The van der Waals surface area contributed by atoms with Gasteiger partial charge < -0.3 is 19.8 Å². The highest BCUT2D eigenvalue weighted by Crippen LogP contribution is 2.19. The molecule has 0 amide bonds. The van der Waals surface area contributed by atoms with Crippen molar-refractivity contribution in [3.63, 3.8) is 0 Å². The zero-order valence-corrected chi connectivity index (χ0v) is 12.5. The molecule has 0 bridgehead atoms. The maximum Gasteiger partial charge on any atom is 0.355 e. The summed E-state index contributed by atoms with van der Waals surface area (Å²) in [6.45, 7) is 4.16. The number of anilines is 1. The lowest BCUT2D eigenvalue weighted by Gasteiger charge is -2.12. The highest BCUT2D eigenvalue weighted by Gasteiger charge is 2.16. The standard InChI is InChI=1S/C16H20N2O3/c1-11(2)18-9-13(17)8-15(18)16(19)21-10-12-5-4-6-14(7-12)20-3/h4-9,11H,10,17H2,1-3H3. The summed E-state index contributed by atoms with van der Waals surface area (Å²) in [5.41, 5.74) is 7.64. The largest absolute Gasteiger partial charge is 0.497 e. The Labute approximate surface area is 124 Å². The molecule has 0 aliphatic carbocycles. The molecule has 2 aromatic rings. The number of benzene rings is 1. The fraction of sp³-hybridized carbons (Fsp3) is 0.312. The van der Waals surface area contributed by atoms with Gasteiger partial charge in [-0.25, -0.2) is 4.79 Å². The van der Waals surface area contributed by atoms with Crippen LogP contribution in [0.25, 0.3) is 0 Å². The van der Waals surface area contributed by atoms with Gasteiger partial charge in [-0.1, -0.05) is 12.1 Å². The van der Waals surface area contributed by atoms with Crippen molar-refractivity contribution in [1.29, 1.82) is 0 Å². The van der Waals surface area contributed by atoms with Gasteiger partial charge >= 0.3 is 5.97 Å². The molecule has 0 spiro atoms. The molecule has 2 rings (SSSR count). The van der Waals surface area contributed by atoms with Crippen molar-refractivity contribution in [1.82, 2.24) is 4.57 Å². The number of rotatable bonds is 5. The molecular formula is C16H20N2O3. The van der Waals surface area contributed by atoms with E-state index in [0.29, 0.717) is 11.4 Å². The van der Waals surface area contributed by atoms with Crippen molar-refractivity contribution < 1.29 is 14.3 Å². The number of aromatic nitrogens is 1. The smallest absolute Gasteiger partial charge is 0.355 e. The molecular weight excluding hydrogens is 268 g/mol. The molecule has 0 saturated heterocycles. The lowest BCUT2D eigenvalue weighted by molar-refractivity contribution is 0.0458. The Morgan fingerprint density at radius 3 is 2.76 bits per heavy atom. The molecule has 0 aliphatic rings. The average Bonchev–Trinajstić information content (AvgIpc) is 2.87. The Kier molecular flexibility index (Phi) is 4.52. The maximum atomic E-state index is 12.2. The van der Waals surface area contributed by atoms with Crippen LogP contribution in [-0.2, 0) is 11.3 Å². The third-order valence-electron chi connectivity index (χ3n) is 3.14. The predicted octanol–water partition coefficient (Wildman–Crippen LogP) is 3.02. The fourth-order valence-electron chi connectivity index (χ4n) is 2.08. The van der Waals surface area contributed by atoms with Gasteiger partial charge in [0.25, 0.3) is 0 Å². The molecule has 112 valence electrons. The predicted molar refractivity (Wildman–Crippen MR) is 81.3 cm³/mol. The Balaban J connectivity index is 2.08. The molecule has 0 saturated carbocycles. The Bertz CT molecular complexity index is 632. The van der Waals surface area contributed by atoms with Crippen LogP contribution < -0.4 is 10.5 Å². The van der Waals surface area contributed by atoms with Gasteiger partial charge in [-0.3, -0.25) is 0 Å². The topological polar surface area (TPSA) is 66.5 Å². The van der Waals surface area contributed by atoms with Gasteiger partial charge in [0.2, 0.25) is 0 Å². The van der Waals surface area contributed by atoms with E-state index in [2.05, 4.69) is 0 Å². The first-order chi connectivity index (χ1) is 10.0. The Morgan fingerprint density at radius 1 is 1.33 bits per heavy atom. The number of hydrogen-bond donors (Lipinski definition) is 1. The number of hydrogen-bond acceptors (Lipinski definition) is 4. The SMILES string of the molecule is COc1cccc(COC(=O)c2cc(N)cn2C(C)C)c1. The molecule has 5 heteroatoms. The van der Waals surface area contributed by atoms with E-state index in [-0.39, 0.29) is 18.6 Å². The molecule has 1 aromatic heterocycles. The van der Waals surface area contributed by atoms with Gasteiger partial charge in [0, 0.05) is 12.2 Å². The van der Waals surface area contributed by atoms with Crippen molar-refractivity contribution in [3.05, 3.63) is 47.8 Å². The van der Waals surface area contributed by atoms with E-state index >= 15 is 0 Å². The lowest BCUT2D eigenvalue weighted by atomic mass is 10.2. The fourth-order valence-corrected chi connectivity index (χ4v) is 2.08. The minimum absolute atomic E-state index is 0.140. The van der Waals surface area contributed by atoms with Crippen LogP contribution >= 0.6 is 0 Å². The first kappa shape index (κ1) is 15.0. The van der Waals surface area contributed by atoms with Crippen LogP contribution in [0.15, 0.2) is 36.5 Å². The van der Waals surface area contributed by atoms with Gasteiger partial charge in [0.05, 0.1) is 12.8 Å². The monoisotopic (exact) mass is 288 g/mol. The number of ether oxygens (including phenoxy) is 2. The molecule has 1 heterocycles. The lowest BCUT2D eigenvalue weighted by Crippen LogP contribution is -2.13. The number of nitrogen functional groups attached to an aromatic ring is 1. The zero-order valence-electron chi connectivity index (χ0n) is 12.5. The van der Waals surface area contributed by atoms with Crippen LogP contribution in [0.1, 0.15) is 35.9 Å². The third kappa shape index (κ3) is 3.56. The Hall–Kier alpha value is -2.43. The number of esters is 1. The molecule has 0 fully saturated rings. The summed E-state index contributed by atoms with van der Waals surface area (Å²) in [4.78, 5) is 12.2. The van der Waals surface area contributed by atoms with Gasteiger partial charge in [-0.15, -0.1) is 0 Å².